The number of hydrogen-bond donors (Lipinski definition) is 4. The number of benzene rings is 2. The fraction of sp³-hybridized carbons (Fsp3) is 0.269. The number of primary amides is 1. The van der Waals surface area contributed by atoms with Crippen molar-refractivity contribution in [1.82, 2.24) is 9.71 Å². The molecule has 10 nitrogen and oxygen atoms in total. The number of aryl methyl sites for hydroxylation is 1. The molecule has 0 saturated carbocycles. The van der Waals surface area contributed by atoms with E-state index in [2.05, 4.69) is 15.0 Å². The molecule has 1 aromatic heterocycles. The third-order valence-corrected chi connectivity index (χ3v) is 7.65. The molecule has 0 unspecified atom stereocenters. The van der Waals surface area contributed by atoms with Crippen molar-refractivity contribution in [2.45, 2.75) is 49.8 Å². The van der Waals surface area contributed by atoms with Gasteiger partial charge in [-0.2, -0.15) is 0 Å². The van der Waals surface area contributed by atoms with Gasteiger partial charge in [-0.05, 0) is 62.2 Å². The third kappa shape index (κ3) is 5.48. The highest BCUT2D eigenvalue weighted by Crippen LogP contribution is 2.39. The molecule has 0 bridgehead atoms. The van der Waals surface area contributed by atoms with E-state index in [1.807, 2.05) is 6.92 Å². The molecular weight excluding hydrogens is 496 g/mol. The van der Waals surface area contributed by atoms with Crippen LogP contribution in [0.3, 0.4) is 0 Å². The fourth-order valence-corrected chi connectivity index (χ4v) is 5.22. The van der Waals surface area contributed by atoms with E-state index >= 15 is 0 Å². The van der Waals surface area contributed by atoms with Crippen LogP contribution in [0.15, 0.2) is 65.7 Å². The fourth-order valence-electron chi connectivity index (χ4n) is 4.00. The Morgan fingerprint density at radius 2 is 1.84 bits per heavy atom. The van der Waals surface area contributed by atoms with Crippen LogP contribution in [0, 0.1) is 0 Å². The quantitative estimate of drug-likeness (QED) is 0.368. The van der Waals surface area contributed by atoms with Gasteiger partial charge in [-0.15, -0.1) is 0 Å². The molecule has 2 amide bonds. The summed E-state index contributed by atoms with van der Waals surface area (Å²) in [5.74, 6) is -1.11. The van der Waals surface area contributed by atoms with E-state index in [1.165, 1.54) is 36.5 Å². The molecule has 0 fully saturated rings. The highest BCUT2D eigenvalue weighted by molar-refractivity contribution is 7.89. The minimum absolute atomic E-state index is 0. The summed E-state index contributed by atoms with van der Waals surface area (Å²) in [7, 11) is -4.04. The Labute approximate surface area is 216 Å². The Morgan fingerprint density at radius 1 is 1.14 bits per heavy atom. The van der Waals surface area contributed by atoms with Crippen LogP contribution in [0.25, 0.3) is 0 Å². The minimum Gasteiger partial charge on any atom is -0.469 e. The molecule has 4 rings (SSSR count). The number of carbonyl (C=O) groups is 2. The maximum Gasteiger partial charge on any atom is 0.257 e. The standard InChI is InChI=1S/C26H28N4O6S.H2/c1-4-15-8-10-19(11-9-15)37(34,35)30-21-20-13-17(14-28-25(20)36-26(2,3)22(21)31)24(33)29-18-7-5-6-16(12-18)23(27)32;/h5-14,21-22,30-31H,4H2,1-3H3,(H2,27,32)(H,29,33);1H/t21-,22+;/m1./s1. The van der Waals surface area contributed by atoms with Crippen LogP contribution < -0.4 is 20.5 Å². The molecule has 37 heavy (non-hydrogen) atoms. The molecule has 2 heterocycles. The number of nitrogens with zero attached hydrogens (tertiary/aromatic N) is 1. The summed E-state index contributed by atoms with van der Waals surface area (Å²) in [6, 6.07) is 12.8. The van der Waals surface area contributed by atoms with Gasteiger partial charge in [0.15, 0.2) is 0 Å². The Hall–Kier alpha value is -3.80. The van der Waals surface area contributed by atoms with Gasteiger partial charge in [0.05, 0.1) is 16.5 Å². The number of amides is 2. The Kier molecular flexibility index (Phi) is 7.05. The molecule has 0 spiro atoms. The van der Waals surface area contributed by atoms with Crippen LogP contribution in [-0.2, 0) is 16.4 Å². The van der Waals surface area contributed by atoms with Gasteiger partial charge < -0.3 is 20.9 Å². The lowest BCUT2D eigenvalue weighted by atomic mass is 9.88. The molecule has 2 aromatic carbocycles. The topological polar surface area (TPSA) is 161 Å². The molecule has 2 atom stereocenters. The van der Waals surface area contributed by atoms with Crippen LogP contribution in [0.2, 0.25) is 0 Å². The summed E-state index contributed by atoms with van der Waals surface area (Å²) in [5.41, 5.74) is 5.98. The number of fused-ring (bicyclic) bond motifs is 1. The summed E-state index contributed by atoms with van der Waals surface area (Å²) in [5, 5.41) is 13.7. The van der Waals surface area contributed by atoms with Crippen LogP contribution >= 0.6 is 0 Å². The predicted octanol–water partition coefficient (Wildman–Crippen LogP) is 2.79. The van der Waals surface area contributed by atoms with Gasteiger partial charge in [-0.25, -0.2) is 18.1 Å². The Balaban J connectivity index is 0.00000400. The lowest BCUT2D eigenvalue weighted by molar-refractivity contribution is -0.0632. The average molecular weight is 527 g/mol. The second-order valence-corrected chi connectivity index (χ2v) is 11.0. The largest absolute Gasteiger partial charge is 0.469 e. The van der Waals surface area contributed by atoms with Gasteiger partial charge in [-0.1, -0.05) is 25.1 Å². The number of anilines is 1. The van der Waals surface area contributed by atoms with Crippen LogP contribution in [0.4, 0.5) is 5.69 Å². The lowest BCUT2D eigenvalue weighted by Gasteiger charge is -2.41. The van der Waals surface area contributed by atoms with Crippen molar-refractivity contribution >= 4 is 27.5 Å². The number of sulfonamides is 1. The van der Waals surface area contributed by atoms with Crippen molar-refractivity contribution in [3.8, 4) is 5.88 Å². The molecule has 3 aromatic rings. The van der Waals surface area contributed by atoms with Crippen LogP contribution in [-0.4, -0.2) is 42.0 Å². The van der Waals surface area contributed by atoms with Gasteiger partial charge in [0.1, 0.15) is 11.7 Å². The number of aliphatic hydroxyl groups is 1. The maximum absolute atomic E-state index is 13.2. The van der Waals surface area contributed by atoms with E-state index in [1.54, 1.807) is 38.1 Å². The number of nitrogens with one attached hydrogen (secondary N) is 2. The zero-order valence-corrected chi connectivity index (χ0v) is 21.4. The molecular formula is C26H30N4O6S. The molecule has 1 aliphatic rings. The highest BCUT2D eigenvalue weighted by atomic mass is 32.2. The second-order valence-electron chi connectivity index (χ2n) is 9.26. The van der Waals surface area contributed by atoms with E-state index < -0.39 is 39.6 Å². The predicted molar refractivity (Wildman–Crippen MR) is 139 cm³/mol. The number of nitrogens with two attached hydrogens (primary N) is 1. The molecule has 5 N–H and O–H groups in total. The van der Waals surface area contributed by atoms with Crippen LogP contribution in [0.5, 0.6) is 5.88 Å². The van der Waals surface area contributed by atoms with Gasteiger partial charge in [-0.3, -0.25) is 9.59 Å². The van der Waals surface area contributed by atoms with Crippen molar-refractivity contribution in [1.29, 1.82) is 0 Å². The first-order valence-electron chi connectivity index (χ1n) is 11.6. The first-order valence-corrected chi connectivity index (χ1v) is 13.1. The molecule has 196 valence electrons. The van der Waals surface area contributed by atoms with Gasteiger partial charge in [0.25, 0.3) is 5.91 Å². The van der Waals surface area contributed by atoms with Crippen molar-refractivity contribution in [3.63, 3.8) is 0 Å². The Morgan fingerprint density at radius 3 is 2.49 bits per heavy atom. The molecule has 1 aliphatic heterocycles. The molecule has 0 aliphatic carbocycles. The molecule has 11 heteroatoms. The Bertz CT molecular complexity index is 1460. The highest BCUT2D eigenvalue weighted by Gasteiger charge is 2.45. The number of hydrogen-bond acceptors (Lipinski definition) is 7. The maximum atomic E-state index is 13.2. The zero-order chi connectivity index (χ0) is 27.0. The molecule has 0 radical (unpaired) electrons. The van der Waals surface area contributed by atoms with Gasteiger partial charge in [0.2, 0.25) is 21.8 Å². The minimum atomic E-state index is -4.04. The lowest BCUT2D eigenvalue weighted by Crippen LogP contribution is -2.53. The number of rotatable bonds is 7. The average Bonchev–Trinajstić information content (AvgIpc) is 2.86. The summed E-state index contributed by atoms with van der Waals surface area (Å²) >= 11 is 0. The van der Waals surface area contributed by atoms with Crippen molar-refractivity contribution in [2.75, 3.05) is 5.32 Å². The third-order valence-electron chi connectivity index (χ3n) is 6.19. The SMILES string of the molecule is CCc1ccc(S(=O)(=O)N[C@@H]2c3cc(C(=O)Nc4cccc(C(N)=O)c4)cnc3OC(C)(C)[C@H]2O)cc1.[HH]. The summed E-state index contributed by atoms with van der Waals surface area (Å²) in [4.78, 5) is 28.7. The zero-order valence-electron chi connectivity index (χ0n) is 20.6. The van der Waals surface area contributed by atoms with E-state index in [4.69, 9.17) is 10.5 Å². The second kappa shape index (κ2) is 9.92. The monoisotopic (exact) mass is 526 g/mol. The van der Waals surface area contributed by atoms with E-state index in [0.29, 0.717) is 5.69 Å². The normalized spacial score (nSPS) is 18.4. The van der Waals surface area contributed by atoms with Gasteiger partial charge in [0, 0.05) is 24.4 Å². The first kappa shape index (κ1) is 26.3. The smallest absolute Gasteiger partial charge is 0.257 e. The van der Waals surface area contributed by atoms with Crippen molar-refractivity contribution in [3.05, 3.63) is 83.0 Å². The first-order chi connectivity index (χ1) is 17.4. The molecule has 0 saturated heterocycles. The number of carbonyl (C=O) groups excluding carboxylic acids is 2. The number of pyridine rings is 1. The van der Waals surface area contributed by atoms with E-state index in [-0.39, 0.29) is 28.9 Å². The van der Waals surface area contributed by atoms with E-state index in [9.17, 15) is 23.1 Å². The summed E-state index contributed by atoms with van der Waals surface area (Å²) in [6.45, 7) is 5.20. The summed E-state index contributed by atoms with van der Waals surface area (Å²) < 4.78 is 34.8. The van der Waals surface area contributed by atoms with E-state index in [0.717, 1.165) is 12.0 Å². The van der Waals surface area contributed by atoms with Crippen LogP contribution in [0.1, 0.15) is 60.1 Å². The van der Waals surface area contributed by atoms with Crippen molar-refractivity contribution < 1.29 is 29.3 Å². The van der Waals surface area contributed by atoms with Gasteiger partial charge >= 0.3 is 0 Å². The summed E-state index contributed by atoms with van der Waals surface area (Å²) in [6.07, 6.45) is 0.753. The number of aromatic nitrogens is 1. The van der Waals surface area contributed by atoms with Crippen molar-refractivity contribution in [2.24, 2.45) is 5.73 Å². The number of ether oxygens (including phenoxy) is 1. The number of aliphatic hydroxyl groups excluding tert-OH is 1.